The van der Waals surface area contributed by atoms with Crippen LogP contribution < -0.4 is 0 Å². The molecule has 0 saturated heterocycles. The quantitative estimate of drug-likeness (QED) is 0.563. The van der Waals surface area contributed by atoms with E-state index in [0.717, 1.165) is 5.56 Å². The van der Waals surface area contributed by atoms with Gasteiger partial charge in [-0.2, -0.15) is 0 Å². The van der Waals surface area contributed by atoms with Crippen LogP contribution in [-0.2, 0) is 14.3 Å². The van der Waals surface area contributed by atoms with Gasteiger partial charge in [0.1, 0.15) is 11.2 Å². The van der Waals surface area contributed by atoms with Crippen LogP contribution in [-0.4, -0.2) is 18.4 Å². The molecule has 0 N–H and O–H groups in total. The predicted octanol–water partition coefficient (Wildman–Crippen LogP) is 3.64. The van der Waals surface area contributed by atoms with Crippen molar-refractivity contribution in [2.45, 2.75) is 33.6 Å². The minimum Gasteiger partial charge on any atom is -0.465 e. The van der Waals surface area contributed by atoms with Crippen LogP contribution in [0.2, 0.25) is 0 Å². The monoisotopic (exact) mass is 274 g/mol. The number of benzene rings is 1. The first-order valence-electron chi connectivity index (χ1n) is 6.90. The second-order valence-electron chi connectivity index (χ2n) is 4.96. The Balaban J connectivity index is 2.62. The van der Waals surface area contributed by atoms with Crippen molar-refractivity contribution in [1.82, 2.24) is 0 Å². The maximum Gasteiger partial charge on any atom is 0.319 e. The Hall–Kier alpha value is -1.90. The normalized spacial score (nSPS) is 13.9. The molecular formula is C17H22O3. The number of rotatable bonds is 7. The van der Waals surface area contributed by atoms with E-state index in [2.05, 4.69) is 0 Å². The average Bonchev–Trinajstić information content (AvgIpc) is 2.44. The molecule has 0 saturated carbocycles. The highest BCUT2D eigenvalue weighted by atomic mass is 16.5. The van der Waals surface area contributed by atoms with E-state index in [0.29, 0.717) is 19.4 Å². The number of hydrogen-bond donors (Lipinski definition) is 0. The number of esters is 1. The van der Waals surface area contributed by atoms with E-state index in [1.807, 2.05) is 42.5 Å². The van der Waals surface area contributed by atoms with Gasteiger partial charge in [-0.05, 0) is 39.2 Å². The summed E-state index contributed by atoms with van der Waals surface area (Å²) >= 11 is 0. The number of allylic oxidation sites excluding steroid dienone is 1. The van der Waals surface area contributed by atoms with Crippen molar-refractivity contribution in [2.24, 2.45) is 5.41 Å². The van der Waals surface area contributed by atoms with Crippen LogP contribution in [0.5, 0.6) is 0 Å². The zero-order valence-electron chi connectivity index (χ0n) is 12.4. The predicted molar refractivity (Wildman–Crippen MR) is 80.1 cm³/mol. The van der Waals surface area contributed by atoms with Gasteiger partial charge < -0.3 is 4.74 Å². The van der Waals surface area contributed by atoms with Gasteiger partial charge in [0.25, 0.3) is 0 Å². The number of hydrogen-bond acceptors (Lipinski definition) is 3. The van der Waals surface area contributed by atoms with E-state index < -0.39 is 11.4 Å². The van der Waals surface area contributed by atoms with Gasteiger partial charge in [0.05, 0.1) is 6.61 Å². The summed E-state index contributed by atoms with van der Waals surface area (Å²) in [6.45, 7) is 5.14. The fraction of sp³-hybridized carbons (Fsp3) is 0.412. The Labute approximate surface area is 120 Å². The molecule has 0 aromatic heterocycles. The zero-order chi connectivity index (χ0) is 15.0. The molecule has 1 aromatic rings. The van der Waals surface area contributed by atoms with Crippen molar-refractivity contribution < 1.29 is 14.3 Å². The van der Waals surface area contributed by atoms with E-state index in [9.17, 15) is 9.59 Å². The van der Waals surface area contributed by atoms with Crippen LogP contribution >= 0.6 is 0 Å². The van der Waals surface area contributed by atoms with E-state index in [4.69, 9.17) is 4.74 Å². The van der Waals surface area contributed by atoms with Gasteiger partial charge in [0, 0.05) is 0 Å². The SMILES string of the molecule is CCOC(=O)C(C)(CC/C=C/c1ccccc1)C(C)=O. The van der Waals surface area contributed by atoms with E-state index in [1.165, 1.54) is 6.92 Å². The molecule has 0 radical (unpaired) electrons. The summed E-state index contributed by atoms with van der Waals surface area (Å²) < 4.78 is 5.00. The smallest absolute Gasteiger partial charge is 0.319 e. The summed E-state index contributed by atoms with van der Waals surface area (Å²) in [6, 6.07) is 9.92. The molecule has 3 nitrogen and oxygen atoms in total. The second kappa shape index (κ2) is 7.63. The highest BCUT2D eigenvalue weighted by Gasteiger charge is 2.38. The van der Waals surface area contributed by atoms with Gasteiger partial charge in [-0.25, -0.2) is 0 Å². The Kier molecular flexibility index (Phi) is 6.16. The van der Waals surface area contributed by atoms with Gasteiger partial charge in [-0.1, -0.05) is 42.5 Å². The summed E-state index contributed by atoms with van der Waals surface area (Å²) in [7, 11) is 0. The highest BCUT2D eigenvalue weighted by molar-refractivity contribution is 6.02. The van der Waals surface area contributed by atoms with E-state index in [-0.39, 0.29) is 5.78 Å². The lowest BCUT2D eigenvalue weighted by atomic mass is 9.81. The lowest BCUT2D eigenvalue weighted by Gasteiger charge is -2.23. The van der Waals surface area contributed by atoms with Crippen molar-refractivity contribution in [1.29, 1.82) is 0 Å². The van der Waals surface area contributed by atoms with Gasteiger partial charge in [0.2, 0.25) is 0 Å². The molecule has 0 bridgehead atoms. The standard InChI is InChI=1S/C17H22O3/c1-4-20-16(19)17(3,14(2)18)13-9-8-12-15-10-6-5-7-11-15/h5-8,10-12H,4,9,13H2,1-3H3/b12-8+. The molecule has 0 aliphatic rings. The summed E-state index contributed by atoms with van der Waals surface area (Å²) in [5.41, 5.74) is 0.0602. The lowest BCUT2D eigenvalue weighted by molar-refractivity contribution is -0.158. The second-order valence-corrected chi connectivity index (χ2v) is 4.96. The van der Waals surface area contributed by atoms with Crippen molar-refractivity contribution in [3.05, 3.63) is 42.0 Å². The van der Waals surface area contributed by atoms with E-state index in [1.54, 1.807) is 13.8 Å². The maximum atomic E-state index is 11.9. The van der Waals surface area contributed by atoms with Crippen molar-refractivity contribution >= 4 is 17.8 Å². The Morgan fingerprint density at radius 1 is 1.25 bits per heavy atom. The number of ether oxygens (including phenoxy) is 1. The van der Waals surface area contributed by atoms with Crippen LogP contribution in [0.25, 0.3) is 6.08 Å². The van der Waals surface area contributed by atoms with Crippen LogP contribution in [0.1, 0.15) is 39.2 Å². The molecule has 1 aromatic carbocycles. The van der Waals surface area contributed by atoms with Crippen LogP contribution in [0.15, 0.2) is 36.4 Å². The Bertz CT molecular complexity index is 476. The summed E-state index contributed by atoms with van der Waals surface area (Å²) in [5, 5.41) is 0. The summed E-state index contributed by atoms with van der Waals surface area (Å²) in [4.78, 5) is 23.6. The average molecular weight is 274 g/mol. The van der Waals surface area contributed by atoms with Gasteiger partial charge in [-0.15, -0.1) is 0 Å². The van der Waals surface area contributed by atoms with Crippen molar-refractivity contribution in [3.63, 3.8) is 0 Å². The van der Waals surface area contributed by atoms with Gasteiger partial charge in [-0.3, -0.25) is 9.59 Å². The molecule has 0 amide bonds. The minimum absolute atomic E-state index is 0.149. The molecule has 0 spiro atoms. The number of carbonyl (C=O) groups excluding carboxylic acids is 2. The third-order valence-electron chi connectivity index (χ3n) is 3.42. The number of ketones is 1. The minimum atomic E-state index is -1.04. The van der Waals surface area contributed by atoms with Crippen LogP contribution in [0, 0.1) is 5.41 Å². The molecule has 0 fully saturated rings. The lowest BCUT2D eigenvalue weighted by Crippen LogP contribution is -2.36. The molecule has 0 aliphatic carbocycles. The molecule has 3 heteroatoms. The molecule has 0 aliphatic heterocycles. The number of carbonyl (C=O) groups is 2. The fourth-order valence-corrected chi connectivity index (χ4v) is 1.87. The zero-order valence-corrected chi connectivity index (χ0v) is 12.4. The Morgan fingerprint density at radius 3 is 2.45 bits per heavy atom. The molecule has 1 unspecified atom stereocenters. The first-order valence-corrected chi connectivity index (χ1v) is 6.90. The molecular weight excluding hydrogens is 252 g/mol. The number of Topliss-reactive ketones (excluding diaryl/α,β-unsaturated/α-hetero) is 1. The molecule has 1 rings (SSSR count). The molecule has 20 heavy (non-hydrogen) atoms. The largest absolute Gasteiger partial charge is 0.465 e. The third-order valence-corrected chi connectivity index (χ3v) is 3.42. The van der Waals surface area contributed by atoms with Crippen LogP contribution in [0.4, 0.5) is 0 Å². The topological polar surface area (TPSA) is 43.4 Å². The van der Waals surface area contributed by atoms with Crippen LogP contribution in [0.3, 0.4) is 0 Å². The third kappa shape index (κ3) is 4.34. The molecule has 108 valence electrons. The van der Waals surface area contributed by atoms with Gasteiger partial charge >= 0.3 is 5.97 Å². The van der Waals surface area contributed by atoms with Crippen molar-refractivity contribution in [3.8, 4) is 0 Å². The first kappa shape index (κ1) is 16.2. The first-order chi connectivity index (χ1) is 9.50. The fourth-order valence-electron chi connectivity index (χ4n) is 1.87. The highest BCUT2D eigenvalue weighted by Crippen LogP contribution is 2.27. The molecule has 0 heterocycles. The van der Waals surface area contributed by atoms with E-state index >= 15 is 0 Å². The van der Waals surface area contributed by atoms with Gasteiger partial charge in [0.15, 0.2) is 0 Å². The summed E-state index contributed by atoms with van der Waals surface area (Å²) in [6.07, 6.45) is 5.09. The molecule has 1 atom stereocenters. The summed E-state index contributed by atoms with van der Waals surface area (Å²) in [5.74, 6) is -0.579. The van der Waals surface area contributed by atoms with Crippen molar-refractivity contribution in [2.75, 3.05) is 6.61 Å². The maximum absolute atomic E-state index is 11.9. The Morgan fingerprint density at radius 2 is 1.90 bits per heavy atom.